The quantitative estimate of drug-likeness (QED) is 0.363. The third-order valence-electron chi connectivity index (χ3n) is 0.857. The van der Waals surface area contributed by atoms with Crippen molar-refractivity contribution in [2.75, 3.05) is 6.26 Å². The molecule has 3 nitrogen and oxygen atoms in total. The summed E-state index contributed by atoms with van der Waals surface area (Å²) in [6, 6.07) is 1.54. The van der Waals surface area contributed by atoms with E-state index in [1.807, 2.05) is 0 Å². The molecule has 10 heavy (non-hydrogen) atoms. The molecule has 1 aromatic rings. The number of nitrogens with zero attached hydrogens (tertiary/aromatic N) is 2. The summed E-state index contributed by atoms with van der Waals surface area (Å²) in [4.78, 5) is 7.47. The van der Waals surface area contributed by atoms with Crippen LogP contribution in [0.5, 0.6) is 0 Å². The summed E-state index contributed by atoms with van der Waals surface area (Å²) in [5.41, 5.74) is 0. The Kier molecular flexibility index (Phi) is 2.48. The second-order valence-corrected chi connectivity index (χ2v) is 3.28. The van der Waals surface area contributed by atoms with E-state index in [1.54, 1.807) is 0 Å². The Bertz CT molecular complexity index is 231. The molecule has 0 aromatic carbocycles. The molecule has 0 bridgehead atoms. The van der Waals surface area contributed by atoms with Crippen molar-refractivity contribution < 1.29 is 4.55 Å². The molecule has 0 spiro atoms. The molecule has 0 N–H and O–H groups in total. The van der Waals surface area contributed by atoms with Gasteiger partial charge in [0.05, 0.1) is 0 Å². The molecule has 0 saturated carbocycles. The summed E-state index contributed by atoms with van der Waals surface area (Å²) in [6.07, 6.45) is 2.98. The lowest BCUT2D eigenvalue weighted by molar-refractivity contribution is 0.592. The first-order chi connectivity index (χ1) is 4.70. The summed E-state index contributed by atoms with van der Waals surface area (Å²) >= 11 is 4.36. The van der Waals surface area contributed by atoms with E-state index in [-0.39, 0.29) is 5.16 Å². The van der Waals surface area contributed by atoms with Gasteiger partial charge in [-0.1, -0.05) is 11.6 Å². The lowest BCUT2D eigenvalue weighted by Gasteiger charge is -1.99. The monoisotopic (exact) mass is 176 g/mol. The highest BCUT2D eigenvalue weighted by Crippen LogP contribution is 2.05. The third-order valence-corrected chi connectivity index (χ3v) is 1.78. The van der Waals surface area contributed by atoms with Gasteiger partial charge in [0, 0.05) is 17.4 Å². The molecule has 1 atom stereocenters. The van der Waals surface area contributed by atoms with Gasteiger partial charge in [-0.15, -0.1) is 0 Å². The van der Waals surface area contributed by atoms with Crippen molar-refractivity contribution in [1.29, 1.82) is 0 Å². The fourth-order valence-corrected chi connectivity index (χ4v) is 1.08. The number of aromatic nitrogens is 2. The zero-order chi connectivity index (χ0) is 7.56. The van der Waals surface area contributed by atoms with E-state index in [4.69, 9.17) is 11.6 Å². The fourth-order valence-electron chi connectivity index (χ4n) is 0.459. The standard InChI is InChI=1S/C5H5ClN2OS/c1-10(9)5-7-3-2-4(6)8-5/h2-3H,1H3. The van der Waals surface area contributed by atoms with Gasteiger partial charge in [0.1, 0.15) is 11.4 Å². The van der Waals surface area contributed by atoms with Crippen molar-refractivity contribution in [2.24, 2.45) is 0 Å². The normalized spacial score (nSPS) is 13.1. The minimum absolute atomic E-state index is 0.271. The molecule has 0 amide bonds. The molecule has 54 valence electrons. The van der Waals surface area contributed by atoms with Gasteiger partial charge < -0.3 is 4.55 Å². The first-order valence-corrected chi connectivity index (χ1v) is 4.46. The Morgan fingerprint density at radius 3 is 2.80 bits per heavy atom. The van der Waals surface area contributed by atoms with Crippen LogP contribution in [0, 0.1) is 0 Å². The molecule has 5 heteroatoms. The average molecular weight is 177 g/mol. The number of rotatable bonds is 1. The van der Waals surface area contributed by atoms with E-state index >= 15 is 0 Å². The zero-order valence-corrected chi connectivity index (χ0v) is 6.82. The summed E-state index contributed by atoms with van der Waals surface area (Å²) < 4.78 is 10.7. The SMILES string of the molecule is C[S+]([O-])c1nccc(Cl)n1. The molecular formula is C5H5ClN2OS. The van der Waals surface area contributed by atoms with E-state index in [1.165, 1.54) is 18.5 Å². The Balaban J connectivity index is 2.96. The van der Waals surface area contributed by atoms with Crippen molar-refractivity contribution in [3.05, 3.63) is 17.4 Å². The first kappa shape index (κ1) is 7.78. The second-order valence-electron chi connectivity index (χ2n) is 1.62. The maximum Gasteiger partial charge on any atom is 0.343 e. The summed E-state index contributed by atoms with van der Waals surface area (Å²) in [5, 5.41) is 0.590. The molecule has 0 radical (unpaired) electrons. The van der Waals surface area contributed by atoms with Gasteiger partial charge in [-0.05, 0) is 6.07 Å². The van der Waals surface area contributed by atoms with Crippen molar-refractivity contribution >= 4 is 22.8 Å². The Labute approximate surface area is 66.6 Å². The van der Waals surface area contributed by atoms with E-state index in [9.17, 15) is 4.55 Å². The van der Waals surface area contributed by atoms with Crippen LogP contribution in [0.3, 0.4) is 0 Å². The number of hydrogen-bond acceptors (Lipinski definition) is 3. The largest absolute Gasteiger partial charge is 0.609 e. The fraction of sp³-hybridized carbons (Fsp3) is 0.200. The molecule has 0 aliphatic heterocycles. The summed E-state index contributed by atoms with van der Waals surface area (Å²) in [6.45, 7) is 0. The number of halogens is 1. The van der Waals surface area contributed by atoms with Crippen molar-refractivity contribution in [2.45, 2.75) is 5.16 Å². The Morgan fingerprint density at radius 2 is 2.40 bits per heavy atom. The molecule has 1 aromatic heterocycles. The van der Waals surface area contributed by atoms with Crippen LogP contribution in [-0.2, 0) is 11.2 Å². The molecule has 0 saturated heterocycles. The molecule has 0 fully saturated rings. The molecular weight excluding hydrogens is 172 g/mol. The van der Waals surface area contributed by atoms with Crippen LogP contribution in [-0.4, -0.2) is 20.8 Å². The number of hydrogen-bond donors (Lipinski definition) is 0. The molecule has 1 heterocycles. The highest BCUT2D eigenvalue weighted by Gasteiger charge is 2.06. The zero-order valence-electron chi connectivity index (χ0n) is 5.24. The van der Waals surface area contributed by atoms with Gasteiger partial charge in [0.25, 0.3) is 0 Å². The Hall–Kier alpha value is -0.320. The lowest BCUT2D eigenvalue weighted by Crippen LogP contribution is -2.02. The van der Waals surface area contributed by atoms with Crippen molar-refractivity contribution in [3.8, 4) is 0 Å². The van der Waals surface area contributed by atoms with Crippen LogP contribution in [0.1, 0.15) is 0 Å². The maximum absolute atomic E-state index is 10.7. The Morgan fingerprint density at radius 1 is 1.70 bits per heavy atom. The van der Waals surface area contributed by atoms with Crippen LogP contribution in [0.15, 0.2) is 17.4 Å². The minimum atomic E-state index is -1.15. The van der Waals surface area contributed by atoms with E-state index in [0.29, 0.717) is 5.15 Å². The van der Waals surface area contributed by atoms with Gasteiger partial charge in [-0.3, -0.25) is 0 Å². The molecule has 1 unspecified atom stereocenters. The van der Waals surface area contributed by atoms with Gasteiger partial charge in [-0.25, -0.2) is 0 Å². The van der Waals surface area contributed by atoms with Crippen molar-refractivity contribution in [3.63, 3.8) is 0 Å². The smallest absolute Gasteiger partial charge is 0.343 e. The predicted molar refractivity (Wildman–Crippen MR) is 39.4 cm³/mol. The molecule has 0 aliphatic rings. The third kappa shape index (κ3) is 1.83. The van der Waals surface area contributed by atoms with Crippen LogP contribution in [0.25, 0.3) is 0 Å². The van der Waals surface area contributed by atoms with Gasteiger partial charge in [-0.2, -0.15) is 9.97 Å². The van der Waals surface area contributed by atoms with Crippen LogP contribution >= 0.6 is 11.6 Å². The van der Waals surface area contributed by atoms with Gasteiger partial charge in [0.2, 0.25) is 0 Å². The topological polar surface area (TPSA) is 48.8 Å². The first-order valence-electron chi connectivity index (χ1n) is 2.52. The minimum Gasteiger partial charge on any atom is -0.609 e. The van der Waals surface area contributed by atoms with Gasteiger partial charge >= 0.3 is 5.16 Å². The summed E-state index contributed by atoms with van der Waals surface area (Å²) in [7, 11) is 0. The second kappa shape index (κ2) is 3.18. The van der Waals surface area contributed by atoms with Crippen molar-refractivity contribution in [1.82, 2.24) is 9.97 Å². The highest BCUT2D eigenvalue weighted by atomic mass is 35.5. The van der Waals surface area contributed by atoms with E-state index in [0.717, 1.165) is 0 Å². The van der Waals surface area contributed by atoms with Crippen LogP contribution < -0.4 is 0 Å². The highest BCUT2D eigenvalue weighted by molar-refractivity contribution is 7.90. The van der Waals surface area contributed by atoms with E-state index in [2.05, 4.69) is 9.97 Å². The lowest BCUT2D eigenvalue weighted by atomic mass is 10.7. The molecule has 0 aliphatic carbocycles. The van der Waals surface area contributed by atoms with Gasteiger partial charge in [0.15, 0.2) is 0 Å². The maximum atomic E-state index is 10.7. The van der Waals surface area contributed by atoms with E-state index < -0.39 is 11.2 Å². The van der Waals surface area contributed by atoms with Crippen LogP contribution in [0.2, 0.25) is 5.15 Å². The molecule has 1 rings (SSSR count). The summed E-state index contributed by atoms with van der Waals surface area (Å²) in [5.74, 6) is 0. The average Bonchev–Trinajstić information content (AvgIpc) is 1.88. The predicted octanol–water partition coefficient (Wildman–Crippen LogP) is 0.867. The van der Waals surface area contributed by atoms with Crippen LogP contribution in [0.4, 0.5) is 0 Å².